The predicted octanol–water partition coefficient (Wildman–Crippen LogP) is 2.64. The fraction of sp³-hybridized carbons (Fsp3) is 0.400. The van der Waals surface area contributed by atoms with Gasteiger partial charge in [0.15, 0.2) is 11.5 Å². The maximum absolute atomic E-state index is 12.3. The summed E-state index contributed by atoms with van der Waals surface area (Å²) in [4.78, 5) is 18.7. The highest BCUT2D eigenvalue weighted by Gasteiger charge is 2.09. The van der Waals surface area contributed by atoms with E-state index in [-0.39, 0.29) is 12.3 Å². The zero-order valence-electron chi connectivity index (χ0n) is 16.4. The van der Waals surface area contributed by atoms with Gasteiger partial charge in [-0.2, -0.15) is 0 Å². The number of aromatic nitrogens is 1. The number of ether oxygens (including phenoxy) is 2. The second-order valence-electron chi connectivity index (χ2n) is 6.43. The lowest BCUT2D eigenvalue weighted by molar-refractivity contribution is -0.115. The number of hydrogen-bond acceptors (Lipinski definition) is 6. The number of benzene rings is 1. The third kappa shape index (κ3) is 6.79. The topological polar surface area (TPSA) is 75.7 Å². The van der Waals surface area contributed by atoms with Gasteiger partial charge in [-0.05, 0) is 56.9 Å². The lowest BCUT2D eigenvalue weighted by Gasteiger charge is -2.11. The number of nitrogens with one attached hydrogen (secondary N) is 2. The van der Waals surface area contributed by atoms with E-state index < -0.39 is 0 Å². The van der Waals surface area contributed by atoms with Gasteiger partial charge < -0.3 is 25.0 Å². The van der Waals surface area contributed by atoms with E-state index in [0.717, 1.165) is 30.9 Å². The van der Waals surface area contributed by atoms with E-state index in [2.05, 4.69) is 34.6 Å². The molecule has 0 radical (unpaired) electrons. The second kappa shape index (κ2) is 10.4. The van der Waals surface area contributed by atoms with Crippen LogP contribution in [0.5, 0.6) is 11.5 Å². The molecule has 2 aromatic rings. The van der Waals surface area contributed by atoms with Gasteiger partial charge >= 0.3 is 0 Å². The highest BCUT2D eigenvalue weighted by molar-refractivity contribution is 5.92. The maximum atomic E-state index is 12.3. The van der Waals surface area contributed by atoms with Crippen LogP contribution in [0.1, 0.15) is 12.0 Å². The zero-order chi connectivity index (χ0) is 19.6. The molecule has 1 aromatic heterocycles. The molecule has 0 aliphatic heterocycles. The van der Waals surface area contributed by atoms with Gasteiger partial charge in [-0.3, -0.25) is 4.79 Å². The molecule has 0 bridgehead atoms. The second-order valence-corrected chi connectivity index (χ2v) is 6.43. The predicted molar refractivity (Wildman–Crippen MR) is 108 cm³/mol. The first-order valence-corrected chi connectivity index (χ1v) is 8.87. The van der Waals surface area contributed by atoms with Crippen molar-refractivity contribution in [2.75, 3.05) is 52.0 Å². The van der Waals surface area contributed by atoms with E-state index in [4.69, 9.17) is 9.47 Å². The van der Waals surface area contributed by atoms with Gasteiger partial charge in [0, 0.05) is 6.54 Å². The molecule has 0 saturated heterocycles. The molecule has 0 aliphatic carbocycles. The van der Waals surface area contributed by atoms with Crippen molar-refractivity contribution >= 4 is 17.4 Å². The largest absolute Gasteiger partial charge is 0.493 e. The van der Waals surface area contributed by atoms with Gasteiger partial charge in [-0.1, -0.05) is 6.07 Å². The Hall–Kier alpha value is -2.80. The van der Waals surface area contributed by atoms with Crippen molar-refractivity contribution in [2.24, 2.45) is 0 Å². The normalized spacial score (nSPS) is 10.6. The maximum Gasteiger partial charge on any atom is 0.228 e. The van der Waals surface area contributed by atoms with E-state index in [1.165, 1.54) is 0 Å². The molecule has 2 rings (SSSR count). The Morgan fingerprint density at radius 2 is 1.89 bits per heavy atom. The van der Waals surface area contributed by atoms with Crippen LogP contribution < -0.4 is 20.1 Å². The molecule has 0 spiro atoms. The Labute approximate surface area is 160 Å². The summed E-state index contributed by atoms with van der Waals surface area (Å²) in [5.41, 5.74) is 1.51. The van der Waals surface area contributed by atoms with Crippen molar-refractivity contribution in [1.29, 1.82) is 0 Å². The minimum absolute atomic E-state index is 0.115. The highest BCUT2D eigenvalue weighted by Crippen LogP contribution is 2.27. The summed E-state index contributed by atoms with van der Waals surface area (Å²) >= 11 is 0. The van der Waals surface area contributed by atoms with Crippen LogP contribution in [0.25, 0.3) is 0 Å². The third-order valence-corrected chi connectivity index (χ3v) is 3.95. The van der Waals surface area contributed by atoms with E-state index in [1.54, 1.807) is 32.5 Å². The van der Waals surface area contributed by atoms with E-state index in [0.29, 0.717) is 17.2 Å². The summed E-state index contributed by atoms with van der Waals surface area (Å²) < 4.78 is 10.5. The molecule has 7 heteroatoms. The minimum atomic E-state index is -0.115. The fourth-order valence-corrected chi connectivity index (χ4v) is 2.57. The van der Waals surface area contributed by atoms with Crippen molar-refractivity contribution < 1.29 is 14.3 Å². The van der Waals surface area contributed by atoms with Crippen molar-refractivity contribution in [2.45, 2.75) is 12.8 Å². The number of carbonyl (C=O) groups excluding carboxylic acids is 1. The average Bonchev–Trinajstić information content (AvgIpc) is 2.66. The minimum Gasteiger partial charge on any atom is -0.493 e. The van der Waals surface area contributed by atoms with Crippen LogP contribution in [0.3, 0.4) is 0 Å². The van der Waals surface area contributed by atoms with E-state index in [1.807, 2.05) is 18.2 Å². The molecule has 0 aliphatic rings. The van der Waals surface area contributed by atoms with Gasteiger partial charge in [-0.25, -0.2) is 4.98 Å². The van der Waals surface area contributed by atoms with Crippen molar-refractivity contribution in [3.05, 3.63) is 42.1 Å². The smallest absolute Gasteiger partial charge is 0.228 e. The molecule has 0 unspecified atom stereocenters. The quantitative estimate of drug-likeness (QED) is 0.625. The molecule has 0 saturated carbocycles. The third-order valence-electron chi connectivity index (χ3n) is 3.95. The monoisotopic (exact) mass is 372 g/mol. The lowest BCUT2D eigenvalue weighted by Crippen LogP contribution is -2.17. The van der Waals surface area contributed by atoms with Crippen molar-refractivity contribution in [1.82, 2.24) is 9.88 Å². The van der Waals surface area contributed by atoms with Crippen LogP contribution in [0.15, 0.2) is 36.5 Å². The van der Waals surface area contributed by atoms with Crippen LogP contribution in [0, 0.1) is 0 Å². The number of anilines is 2. The molecule has 1 amide bonds. The average molecular weight is 372 g/mol. The summed E-state index contributed by atoms with van der Waals surface area (Å²) in [6.45, 7) is 1.88. The molecule has 0 atom stereocenters. The van der Waals surface area contributed by atoms with E-state index in [9.17, 15) is 4.79 Å². The van der Waals surface area contributed by atoms with Crippen LogP contribution in [-0.2, 0) is 11.2 Å². The van der Waals surface area contributed by atoms with Crippen molar-refractivity contribution in [3.8, 4) is 11.5 Å². The molecule has 0 fully saturated rings. The molecular weight excluding hydrogens is 344 g/mol. The standard InChI is InChI=1S/C20H28N4O3/c1-24(2)11-5-10-21-19-9-7-16(14-22-19)23-20(25)13-15-6-8-17(26-3)18(12-15)27-4/h6-9,12,14H,5,10-11,13H2,1-4H3,(H,21,22)(H,23,25). The first-order valence-electron chi connectivity index (χ1n) is 8.87. The highest BCUT2D eigenvalue weighted by atomic mass is 16.5. The van der Waals surface area contributed by atoms with Gasteiger partial charge in [0.1, 0.15) is 5.82 Å². The van der Waals surface area contributed by atoms with E-state index >= 15 is 0 Å². The van der Waals surface area contributed by atoms with Gasteiger partial charge in [0.05, 0.1) is 32.5 Å². The zero-order valence-corrected chi connectivity index (χ0v) is 16.4. The Morgan fingerprint density at radius 1 is 1.11 bits per heavy atom. The molecular formula is C20H28N4O3. The summed E-state index contributed by atoms with van der Waals surface area (Å²) in [5.74, 6) is 1.93. The Morgan fingerprint density at radius 3 is 2.52 bits per heavy atom. The number of rotatable bonds is 10. The van der Waals surface area contributed by atoms with Crippen LogP contribution in [-0.4, -0.2) is 57.2 Å². The number of amides is 1. The number of methoxy groups -OCH3 is 2. The summed E-state index contributed by atoms with van der Waals surface area (Å²) in [6.07, 6.45) is 2.93. The molecule has 7 nitrogen and oxygen atoms in total. The van der Waals surface area contributed by atoms with Gasteiger partial charge in [-0.15, -0.1) is 0 Å². The first kappa shape index (κ1) is 20.5. The molecule has 146 valence electrons. The SMILES string of the molecule is COc1ccc(CC(=O)Nc2ccc(NCCCN(C)C)nc2)cc1OC. The van der Waals surface area contributed by atoms with Gasteiger partial charge in [0.25, 0.3) is 0 Å². The Bertz CT molecular complexity index is 733. The molecule has 2 N–H and O–H groups in total. The Kier molecular flexibility index (Phi) is 7.88. The fourth-order valence-electron chi connectivity index (χ4n) is 2.57. The lowest BCUT2D eigenvalue weighted by atomic mass is 10.1. The summed E-state index contributed by atoms with van der Waals surface area (Å²) in [5, 5.41) is 6.13. The number of pyridine rings is 1. The van der Waals surface area contributed by atoms with Crippen LogP contribution in [0.4, 0.5) is 11.5 Å². The summed E-state index contributed by atoms with van der Waals surface area (Å²) in [6, 6.07) is 9.15. The number of carbonyl (C=O) groups is 1. The number of hydrogen-bond donors (Lipinski definition) is 2. The molecule has 1 heterocycles. The molecule has 1 aromatic carbocycles. The molecule has 27 heavy (non-hydrogen) atoms. The van der Waals surface area contributed by atoms with Gasteiger partial charge in [0.2, 0.25) is 5.91 Å². The van der Waals surface area contributed by atoms with Crippen LogP contribution >= 0.6 is 0 Å². The van der Waals surface area contributed by atoms with Crippen LogP contribution in [0.2, 0.25) is 0 Å². The first-order chi connectivity index (χ1) is 13.0. The number of nitrogens with zero attached hydrogens (tertiary/aromatic N) is 2. The Balaban J connectivity index is 1.85. The summed E-state index contributed by atoms with van der Waals surface area (Å²) in [7, 11) is 7.26. The van der Waals surface area contributed by atoms with Crippen molar-refractivity contribution in [3.63, 3.8) is 0 Å².